The third-order valence-electron chi connectivity index (χ3n) is 0.849. The van der Waals surface area contributed by atoms with Crippen molar-refractivity contribution in [3.05, 3.63) is 49.6 Å². The van der Waals surface area contributed by atoms with Crippen LogP contribution in [0.4, 0.5) is 0 Å². The molecule has 0 amide bonds. The minimum Gasteiger partial charge on any atom is -0.103 e. The van der Waals surface area contributed by atoms with Crippen molar-refractivity contribution < 1.29 is 0 Å². The summed E-state index contributed by atoms with van der Waals surface area (Å²) in [6.45, 7) is 12.4. The zero-order valence-electron chi connectivity index (χ0n) is 5.51. The average Bonchev–Trinajstić information content (AvgIpc) is 1.89. The molecule has 0 fully saturated rings. The Hall–Kier alpha value is -1.04. The van der Waals surface area contributed by atoms with Crippen molar-refractivity contribution in [1.29, 1.82) is 0 Å². The molecule has 0 nitrogen and oxygen atoms in total. The second kappa shape index (κ2) is 5.10. The van der Waals surface area contributed by atoms with Crippen LogP contribution in [-0.4, -0.2) is 0 Å². The van der Waals surface area contributed by atoms with Crippen LogP contribution in [-0.2, 0) is 0 Å². The van der Waals surface area contributed by atoms with Gasteiger partial charge in [-0.15, -0.1) is 6.58 Å². The largest absolute Gasteiger partial charge is 0.103 e. The monoisotopic (exact) mass is 119 g/mol. The Morgan fingerprint density at radius 2 is 2.22 bits per heavy atom. The standard InChI is InChI=1S/C9H11/c1-4-6-7-8-9(3)5-2/h2,4-5,7-8H,1,3,6H2. The summed E-state index contributed by atoms with van der Waals surface area (Å²) in [4.78, 5) is 0. The molecule has 0 saturated heterocycles. The highest BCUT2D eigenvalue weighted by molar-refractivity contribution is 5.24. The summed E-state index contributed by atoms with van der Waals surface area (Å²) >= 11 is 0. The van der Waals surface area contributed by atoms with Crippen molar-refractivity contribution in [2.24, 2.45) is 0 Å². The van der Waals surface area contributed by atoms with E-state index in [1.165, 1.54) is 6.08 Å². The molecule has 0 aliphatic rings. The molecule has 47 valence electrons. The average molecular weight is 119 g/mol. The van der Waals surface area contributed by atoms with Gasteiger partial charge in [0.05, 0.1) is 0 Å². The zero-order chi connectivity index (χ0) is 7.11. The first-order valence-electron chi connectivity index (χ1n) is 2.82. The quantitative estimate of drug-likeness (QED) is 0.394. The van der Waals surface area contributed by atoms with Gasteiger partial charge in [-0.25, -0.2) is 0 Å². The smallest absolute Gasteiger partial charge is 0.0169 e. The van der Waals surface area contributed by atoms with Crippen molar-refractivity contribution in [2.45, 2.75) is 6.42 Å². The van der Waals surface area contributed by atoms with Crippen molar-refractivity contribution in [2.75, 3.05) is 0 Å². The summed E-state index contributed by atoms with van der Waals surface area (Å²) in [5, 5.41) is 0. The molecule has 0 N–H and O–H groups in total. The first-order valence-corrected chi connectivity index (χ1v) is 2.82. The molecule has 0 heteroatoms. The van der Waals surface area contributed by atoms with Crippen LogP contribution in [0.3, 0.4) is 0 Å². The molecule has 0 rings (SSSR count). The predicted octanol–water partition coefficient (Wildman–Crippen LogP) is 2.66. The number of rotatable bonds is 4. The minimum atomic E-state index is 0.830. The molecule has 0 aliphatic heterocycles. The lowest BCUT2D eigenvalue weighted by Crippen LogP contribution is -1.62. The van der Waals surface area contributed by atoms with Crippen LogP contribution in [0.25, 0.3) is 0 Å². The van der Waals surface area contributed by atoms with Crippen LogP contribution in [0.2, 0.25) is 0 Å². The lowest BCUT2D eigenvalue weighted by Gasteiger charge is -1.83. The molecule has 0 saturated carbocycles. The van der Waals surface area contributed by atoms with E-state index in [9.17, 15) is 0 Å². The van der Waals surface area contributed by atoms with Gasteiger partial charge < -0.3 is 0 Å². The third-order valence-corrected chi connectivity index (χ3v) is 0.849. The van der Waals surface area contributed by atoms with Crippen molar-refractivity contribution >= 4 is 0 Å². The highest BCUT2D eigenvalue weighted by Gasteiger charge is 1.73. The van der Waals surface area contributed by atoms with Gasteiger partial charge in [0.1, 0.15) is 0 Å². The van der Waals surface area contributed by atoms with Gasteiger partial charge in [0.25, 0.3) is 0 Å². The van der Waals surface area contributed by atoms with Crippen molar-refractivity contribution in [3.63, 3.8) is 0 Å². The van der Waals surface area contributed by atoms with Crippen LogP contribution in [0.15, 0.2) is 43.0 Å². The van der Waals surface area contributed by atoms with Crippen LogP contribution in [0.1, 0.15) is 6.42 Å². The molecule has 0 aromatic carbocycles. The molecule has 0 aromatic heterocycles. The Morgan fingerprint density at radius 1 is 1.56 bits per heavy atom. The summed E-state index contributed by atoms with van der Waals surface area (Å²) < 4.78 is 0. The summed E-state index contributed by atoms with van der Waals surface area (Å²) in [5.74, 6) is 0. The van der Waals surface area contributed by atoms with Gasteiger partial charge in [0, 0.05) is 0 Å². The topological polar surface area (TPSA) is 0 Å². The van der Waals surface area contributed by atoms with Gasteiger partial charge in [-0.1, -0.05) is 37.5 Å². The highest BCUT2D eigenvalue weighted by atomic mass is 13.8. The molecular weight excluding hydrogens is 108 g/mol. The minimum absolute atomic E-state index is 0.830. The lowest BCUT2D eigenvalue weighted by atomic mass is 10.2. The number of hydrogen-bond donors (Lipinski definition) is 0. The van der Waals surface area contributed by atoms with Gasteiger partial charge >= 0.3 is 0 Å². The molecular formula is C9H11. The Morgan fingerprint density at radius 3 is 2.67 bits per heavy atom. The second-order valence-corrected chi connectivity index (χ2v) is 1.67. The van der Waals surface area contributed by atoms with E-state index in [2.05, 4.69) is 13.2 Å². The van der Waals surface area contributed by atoms with E-state index in [0.717, 1.165) is 12.0 Å². The lowest BCUT2D eigenvalue weighted by molar-refractivity contribution is 1.40. The van der Waals surface area contributed by atoms with Gasteiger partial charge in [0.2, 0.25) is 0 Å². The van der Waals surface area contributed by atoms with Gasteiger partial charge in [-0.2, -0.15) is 0 Å². The summed E-state index contributed by atoms with van der Waals surface area (Å²) in [6.07, 6.45) is 7.98. The van der Waals surface area contributed by atoms with Crippen LogP contribution >= 0.6 is 0 Å². The number of allylic oxidation sites excluding steroid dienone is 5. The first kappa shape index (κ1) is 7.96. The molecule has 0 spiro atoms. The normalized spacial score (nSPS) is 9.33. The van der Waals surface area contributed by atoms with E-state index in [0.29, 0.717) is 0 Å². The maximum atomic E-state index is 5.15. The molecule has 0 aromatic rings. The maximum absolute atomic E-state index is 5.15. The van der Waals surface area contributed by atoms with Crippen LogP contribution in [0.5, 0.6) is 0 Å². The molecule has 0 atom stereocenters. The first-order chi connectivity index (χ1) is 4.31. The fraction of sp³-hybridized carbons (Fsp3) is 0.111. The summed E-state index contributed by atoms with van der Waals surface area (Å²) in [7, 11) is 0. The molecule has 0 unspecified atom stereocenters. The summed E-state index contributed by atoms with van der Waals surface area (Å²) in [5.41, 5.74) is 0.830. The molecule has 0 heterocycles. The SMILES string of the molecule is [CH]=CC(=C)C=CCC=C. The van der Waals surface area contributed by atoms with Crippen LogP contribution < -0.4 is 0 Å². The Balaban J connectivity index is 3.56. The Bertz CT molecular complexity index is 138. The predicted molar refractivity (Wildman–Crippen MR) is 42.0 cm³/mol. The van der Waals surface area contributed by atoms with E-state index >= 15 is 0 Å². The summed E-state index contributed by atoms with van der Waals surface area (Å²) in [6, 6.07) is 0. The molecule has 1 radical (unpaired) electrons. The van der Waals surface area contributed by atoms with E-state index in [4.69, 9.17) is 6.58 Å². The maximum Gasteiger partial charge on any atom is -0.0169 e. The fourth-order valence-corrected chi connectivity index (χ4v) is 0.371. The van der Waals surface area contributed by atoms with E-state index < -0.39 is 0 Å². The van der Waals surface area contributed by atoms with Crippen molar-refractivity contribution in [1.82, 2.24) is 0 Å². The molecule has 0 aliphatic carbocycles. The third kappa shape index (κ3) is 4.82. The van der Waals surface area contributed by atoms with Crippen LogP contribution in [0, 0.1) is 6.58 Å². The van der Waals surface area contributed by atoms with Gasteiger partial charge in [0.15, 0.2) is 0 Å². The van der Waals surface area contributed by atoms with E-state index in [-0.39, 0.29) is 0 Å². The molecule has 0 bridgehead atoms. The fourth-order valence-electron chi connectivity index (χ4n) is 0.371. The molecule has 9 heavy (non-hydrogen) atoms. The van der Waals surface area contributed by atoms with Gasteiger partial charge in [-0.3, -0.25) is 0 Å². The van der Waals surface area contributed by atoms with Crippen molar-refractivity contribution in [3.8, 4) is 0 Å². The zero-order valence-corrected chi connectivity index (χ0v) is 5.51. The Labute approximate surface area is 56.9 Å². The van der Waals surface area contributed by atoms with E-state index in [1.54, 1.807) is 0 Å². The second-order valence-electron chi connectivity index (χ2n) is 1.67. The highest BCUT2D eigenvalue weighted by Crippen LogP contribution is 1.93. The Kier molecular flexibility index (Phi) is 4.51. The number of hydrogen-bond acceptors (Lipinski definition) is 0. The van der Waals surface area contributed by atoms with Gasteiger partial charge in [-0.05, 0) is 12.0 Å². The van der Waals surface area contributed by atoms with E-state index in [1.807, 2.05) is 18.2 Å².